The molecule has 0 saturated carbocycles. The van der Waals surface area contributed by atoms with E-state index in [4.69, 9.17) is 0 Å². The van der Waals surface area contributed by atoms with Crippen LogP contribution in [-0.4, -0.2) is 49.6 Å². The molecule has 2 aromatic rings. The molecule has 0 atom stereocenters. The Kier molecular flexibility index (Phi) is 8.99. The first-order valence-electron chi connectivity index (χ1n) is 10.9. The Bertz CT molecular complexity index is 811. The van der Waals surface area contributed by atoms with Crippen molar-refractivity contribution in [2.75, 3.05) is 44.2 Å². The van der Waals surface area contributed by atoms with Crippen LogP contribution in [0.15, 0.2) is 63.8 Å². The van der Waals surface area contributed by atoms with Crippen LogP contribution < -0.4 is 10.0 Å². The molecular formula is C24H35N5O. The molecule has 0 fully saturated rings. The van der Waals surface area contributed by atoms with Crippen molar-refractivity contribution in [2.24, 2.45) is 15.2 Å². The molecule has 0 unspecified atom stereocenters. The fraction of sp³-hybridized carbons (Fsp3) is 0.458. The molecule has 2 rings (SSSR count). The highest BCUT2D eigenvalue weighted by atomic mass is 16.3. The minimum absolute atomic E-state index is 0.214. The molecule has 2 aromatic carbocycles. The maximum Gasteiger partial charge on any atom is 0.0964 e. The maximum absolute atomic E-state index is 11.0. The Balaban J connectivity index is 2.02. The van der Waals surface area contributed by atoms with Gasteiger partial charge in [0, 0.05) is 12.2 Å². The fourth-order valence-corrected chi connectivity index (χ4v) is 3.57. The number of aliphatic imine (C=N–C) groups is 1. The summed E-state index contributed by atoms with van der Waals surface area (Å²) < 4.78 is 1.15. The van der Waals surface area contributed by atoms with Gasteiger partial charge >= 0.3 is 0 Å². The summed E-state index contributed by atoms with van der Waals surface area (Å²) in [5, 5.41) is 19.6. The molecule has 162 valence electrons. The van der Waals surface area contributed by atoms with Crippen molar-refractivity contribution >= 4 is 28.6 Å². The molecule has 0 aliphatic rings. The van der Waals surface area contributed by atoms with Crippen molar-refractivity contribution < 1.29 is 9.59 Å². The van der Waals surface area contributed by atoms with E-state index < -0.39 is 0 Å². The largest absolute Gasteiger partial charge is 0.862 e. The van der Waals surface area contributed by atoms with Gasteiger partial charge in [0.1, 0.15) is 0 Å². The van der Waals surface area contributed by atoms with Crippen molar-refractivity contribution in [3.63, 3.8) is 0 Å². The van der Waals surface area contributed by atoms with Gasteiger partial charge in [0.15, 0.2) is 0 Å². The second-order valence-corrected chi connectivity index (χ2v) is 7.46. The van der Waals surface area contributed by atoms with Crippen LogP contribution in [0.4, 0.5) is 22.7 Å². The van der Waals surface area contributed by atoms with E-state index in [1.807, 2.05) is 12.1 Å². The van der Waals surface area contributed by atoms with Crippen LogP contribution in [0, 0.1) is 0 Å². The molecule has 0 bridgehead atoms. The van der Waals surface area contributed by atoms with Gasteiger partial charge < -0.3 is 14.5 Å². The van der Waals surface area contributed by atoms with Crippen LogP contribution in [0.25, 0.3) is 0 Å². The average Bonchev–Trinajstić information content (AvgIpc) is 2.77. The van der Waals surface area contributed by atoms with E-state index in [0.717, 1.165) is 35.5 Å². The molecule has 0 aliphatic heterocycles. The number of rotatable bonds is 11. The maximum atomic E-state index is 11.0. The number of likely N-dealkylation sites (N-methyl/N-ethyl adjacent to an activating group) is 2. The summed E-state index contributed by atoms with van der Waals surface area (Å²) in [7, 11) is 0. The van der Waals surface area contributed by atoms with Crippen molar-refractivity contribution in [3.05, 3.63) is 48.5 Å². The highest BCUT2D eigenvalue weighted by Gasteiger charge is 2.21. The number of nitrogens with zero attached hydrogens (tertiary/aromatic N) is 5. The van der Waals surface area contributed by atoms with Gasteiger partial charge in [-0.05, 0) is 89.0 Å². The average molecular weight is 410 g/mol. The molecule has 0 amide bonds. The lowest BCUT2D eigenvalue weighted by atomic mass is 10.2. The summed E-state index contributed by atoms with van der Waals surface area (Å²) in [6.07, 6.45) is 0. The van der Waals surface area contributed by atoms with Gasteiger partial charge in [-0.1, -0.05) is 0 Å². The lowest BCUT2D eigenvalue weighted by Gasteiger charge is -2.38. The van der Waals surface area contributed by atoms with E-state index in [1.54, 1.807) is 24.3 Å². The van der Waals surface area contributed by atoms with E-state index in [1.165, 1.54) is 32.2 Å². The van der Waals surface area contributed by atoms with E-state index in [9.17, 15) is 5.11 Å². The van der Waals surface area contributed by atoms with Gasteiger partial charge in [0.05, 0.1) is 49.8 Å². The molecule has 0 saturated heterocycles. The molecule has 0 N–H and O–H groups in total. The van der Waals surface area contributed by atoms with Crippen LogP contribution in [0.1, 0.15) is 34.6 Å². The van der Waals surface area contributed by atoms with Crippen molar-refractivity contribution in [1.82, 2.24) is 0 Å². The summed E-state index contributed by atoms with van der Waals surface area (Å²) in [5.41, 5.74) is 3.38. The topological polar surface area (TPSA) is 63.4 Å². The summed E-state index contributed by atoms with van der Waals surface area (Å²) in [6.45, 7) is 17.2. The van der Waals surface area contributed by atoms with Crippen LogP contribution in [0.5, 0.6) is 0 Å². The molecule has 0 heterocycles. The molecule has 30 heavy (non-hydrogen) atoms. The second-order valence-electron chi connectivity index (χ2n) is 7.46. The summed E-state index contributed by atoms with van der Waals surface area (Å²) in [6, 6.07) is 15.4. The van der Waals surface area contributed by atoms with E-state index >= 15 is 0 Å². The SMILES string of the molecule is CCN(CC[N+](CC)(CC)CC)c1ccc(N=Nc2ccc(N=C(C)[O-])cc2)cc1. The zero-order valence-corrected chi connectivity index (χ0v) is 19.0. The fourth-order valence-electron chi connectivity index (χ4n) is 3.57. The number of hydrogen-bond acceptors (Lipinski definition) is 5. The monoisotopic (exact) mass is 409 g/mol. The molecule has 6 heteroatoms. The van der Waals surface area contributed by atoms with Crippen molar-refractivity contribution in [3.8, 4) is 0 Å². The molecule has 0 spiro atoms. The van der Waals surface area contributed by atoms with Gasteiger partial charge in [-0.25, -0.2) is 0 Å². The first-order valence-corrected chi connectivity index (χ1v) is 10.9. The number of anilines is 1. The molecule has 0 aromatic heterocycles. The summed E-state index contributed by atoms with van der Waals surface area (Å²) in [4.78, 5) is 6.31. The first kappa shape index (κ1) is 23.5. The number of quaternary nitrogens is 1. The molecule has 6 nitrogen and oxygen atoms in total. The Labute approximate surface area is 181 Å². The van der Waals surface area contributed by atoms with Crippen LogP contribution >= 0.6 is 0 Å². The first-order chi connectivity index (χ1) is 14.4. The van der Waals surface area contributed by atoms with Gasteiger partial charge in [0.25, 0.3) is 0 Å². The standard InChI is InChI=1S/C24H35N5O/c1-6-28(18-19-29(7-2,8-3)9-4)24-16-14-23(15-17-24)27-26-22-12-10-21(11-13-22)25-20(5)30/h10-17H,6-9,18-19H2,1-5H3. The van der Waals surface area contributed by atoms with Gasteiger partial charge in [-0.2, -0.15) is 10.2 Å². The third-order valence-electron chi connectivity index (χ3n) is 5.87. The second kappa shape index (κ2) is 11.5. The Morgan fingerprint density at radius 3 is 1.70 bits per heavy atom. The Morgan fingerprint density at radius 2 is 1.27 bits per heavy atom. The normalized spacial score (nSPS) is 12.5. The minimum Gasteiger partial charge on any atom is -0.862 e. The zero-order chi connectivity index (χ0) is 22.0. The molecular weight excluding hydrogens is 374 g/mol. The quantitative estimate of drug-likeness (QED) is 0.221. The summed E-state index contributed by atoms with van der Waals surface area (Å²) >= 11 is 0. The zero-order valence-electron chi connectivity index (χ0n) is 19.0. The lowest BCUT2D eigenvalue weighted by molar-refractivity contribution is -0.921. The Morgan fingerprint density at radius 1 is 0.800 bits per heavy atom. The smallest absolute Gasteiger partial charge is 0.0964 e. The van der Waals surface area contributed by atoms with Gasteiger partial charge in [-0.3, -0.25) is 4.99 Å². The molecule has 0 radical (unpaired) electrons. The van der Waals surface area contributed by atoms with Crippen LogP contribution in [-0.2, 0) is 0 Å². The molecule has 0 aliphatic carbocycles. The van der Waals surface area contributed by atoms with E-state index in [-0.39, 0.29) is 5.90 Å². The van der Waals surface area contributed by atoms with Crippen molar-refractivity contribution in [1.29, 1.82) is 0 Å². The number of azo groups is 1. The third-order valence-corrected chi connectivity index (χ3v) is 5.87. The van der Waals surface area contributed by atoms with Crippen LogP contribution in [0.3, 0.4) is 0 Å². The van der Waals surface area contributed by atoms with E-state index in [2.05, 4.69) is 59.9 Å². The van der Waals surface area contributed by atoms with E-state index in [0.29, 0.717) is 5.69 Å². The Hall–Kier alpha value is -2.73. The predicted molar refractivity (Wildman–Crippen MR) is 124 cm³/mol. The number of benzene rings is 2. The predicted octanol–water partition coefficient (Wildman–Crippen LogP) is 5.22. The van der Waals surface area contributed by atoms with Gasteiger partial charge in [0.2, 0.25) is 0 Å². The highest BCUT2D eigenvalue weighted by molar-refractivity contribution is 5.72. The van der Waals surface area contributed by atoms with Crippen molar-refractivity contribution in [2.45, 2.75) is 34.6 Å². The van der Waals surface area contributed by atoms with Gasteiger partial charge in [-0.15, -0.1) is 0 Å². The minimum atomic E-state index is -0.214. The number of hydrogen-bond donors (Lipinski definition) is 0. The lowest BCUT2D eigenvalue weighted by Crippen LogP contribution is -2.51. The van der Waals surface area contributed by atoms with Crippen LogP contribution in [0.2, 0.25) is 0 Å². The highest BCUT2D eigenvalue weighted by Crippen LogP contribution is 2.24. The third kappa shape index (κ3) is 6.66. The summed E-state index contributed by atoms with van der Waals surface area (Å²) in [5.74, 6) is -0.214.